The lowest BCUT2D eigenvalue weighted by Crippen LogP contribution is -2.59. The molecule has 2 N–H and O–H groups in total. The predicted octanol–water partition coefficient (Wildman–Crippen LogP) is -0.611. The molecular weight excluding hydrogens is 198 g/mol. The van der Waals surface area contributed by atoms with Gasteiger partial charge in [-0.2, -0.15) is 0 Å². The molecule has 0 amide bonds. The van der Waals surface area contributed by atoms with Crippen molar-refractivity contribution in [2.24, 2.45) is 0 Å². The van der Waals surface area contributed by atoms with E-state index in [1.165, 1.54) is 0 Å². The van der Waals surface area contributed by atoms with Crippen LogP contribution in [0.25, 0.3) is 0 Å². The summed E-state index contributed by atoms with van der Waals surface area (Å²) in [5.74, 6) is 0. The molecule has 15 heavy (non-hydrogen) atoms. The van der Waals surface area contributed by atoms with Gasteiger partial charge in [0.1, 0.15) is 6.10 Å². The van der Waals surface area contributed by atoms with E-state index in [0.29, 0.717) is 26.4 Å². The van der Waals surface area contributed by atoms with Crippen molar-refractivity contribution in [2.45, 2.75) is 18.6 Å². The first-order valence-electron chi connectivity index (χ1n) is 5.26. The molecule has 1 saturated heterocycles. The van der Waals surface area contributed by atoms with E-state index in [9.17, 15) is 5.11 Å². The molecule has 5 nitrogen and oxygen atoms in total. The van der Waals surface area contributed by atoms with Gasteiger partial charge in [-0.15, -0.1) is 0 Å². The van der Waals surface area contributed by atoms with Gasteiger partial charge in [-0.25, -0.2) is 0 Å². The minimum absolute atomic E-state index is 0.104. The van der Waals surface area contributed by atoms with E-state index >= 15 is 0 Å². The Balaban J connectivity index is 1.95. The summed E-state index contributed by atoms with van der Waals surface area (Å²) in [4.78, 5) is 0. The Morgan fingerprint density at radius 3 is 2.60 bits per heavy atom. The van der Waals surface area contributed by atoms with Gasteiger partial charge in [0.2, 0.25) is 0 Å². The van der Waals surface area contributed by atoms with Gasteiger partial charge in [0.25, 0.3) is 0 Å². The Hall–Kier alpha value is -0.200. The quantitative estimate of drug-likeness (QED) is 0.533. The minimum atomic E-state index is -0.556. The highest BCUT2D eigenvalue weighted by atomic mass is 16.5. The van der Waals surface area contributed by atoms with E-state index in [4.69, 9.17) is 14.2 Å². The van der Waals surface area contributed by atoms with E-state index in [2.05, 4.69) is 5.32 Å². The zero-order valence-corrected chi connectivity index (χ0v) is 9.49. The number of aliphatic hydroxyl groups is 1. The van der Waals surface area contributed by atoms with Crippen LogP contribution in [0.15, 0.2) is 0 Å². The second-order valence-corrected chi connectivity index (χ2v) is 4.09. The maximum Gasteiger partial charge on any atom is 0.101 e. The average Bonchev–Trinajstić information content (AvgIpc) is 2.19. The summed E-state index contributed by atoms with van der Waals surface area (Å²) in [6, 6.07) is 0. The molecule has 1 fully saturated rings. The van der Waals surface area contributed by atoms with Crippen LogP contribution in [0.5, 0.6) is 0 Å². The summed E-state index contributed by atoms with van der Waals surface area (Å²) in [6.45, 7) is 5.41. The highest BCUT2D eigenvalue weighted by Gasteiger charge is 2.32. The fraction of sp³-hybridized carbons (Fsp3) is 1.00. The van der Waals surface area contributed by atoms with Crippen molar-refractivity contribution in [1.82, 2.24) is 5.32 Å². The molecule has 0 radical (unpaired) electrons. The van der Waals surface area contributed by atoms with E-state index in [1.807, 2.05) is 6.92 Å². The van der Waals surface area contributed by atoms with E-state index in [0.717, 1.165) is 13.1 Å². The molecule has 1 rings (SSSR count). The fourth-order valence-corrected chi connectivity index (χ4v) is 1.29. The Kier molecular flexibility index (Phi) is 5.49. The van der Waals surface area contributed by atoms with Crippen molar-refractivity contribution in [3.05, 3.63) is 0 Å². The smallest absolute Gasteiger partial charge is 0.101 e. The maximum atomic E-state index is 9.52. The second-order valence-electron chi connectivity index (χ2n) is 4.09. The van der Waals surface area contributed by atoms with Crippen molar-refractivity contribution in [1.29, 1.82) is 0 Å². The molecule has 0 aromatic heterocycles. The van der Waals surface area contributed by atoms with Crippen molar-refractivity contribution in [2.75, 3.05) is 46.6 Å². The second kappa shape index (κ2) is 6.40. The fourth-order valence-electron chi connectivity index (χ4n) is 1.29. The number of ether oxygens (including phenoxy) is 3. The topological polar surface area (TPSA) is 60.0 Å². The molecule has 1 aliphatic heterocycles. The van der Waals surface area contributed by atoms with Crippen LogP contribution < -0.4 is 5.32 Å². The molecular formula is C10H21NO4. The monoisotopic (exact) mass is 219 g/mol. The lowest BCUT2D eigenvalue weighted by atomic mass is 10.0. The van der Waals surface area contributed by atoms with Crippen molar-refractivity contribution < 1.29 is 19.3 Å². The summed E-state index contributed by atoms with van der Waals surface area (Å²) in [5.41, 5.74) is -0.104. The highest BCUT2D eigenvalue weighted by Crippen LogP contribution is 2.15. The van der Waals surface area contributed by atoms with Crippen molar-refractivity contribution in [3.8, 4) is 0 Å². The first-order chi connectivity index (χ1) is 7.16. The van der Waals surface area contributed by atoms with Gasteiger partial charge in [-0.3, -0.25) is 0 Å². The maximum absolute atomic E-state index is 9.52. The summed E-state index contributed by atoms with van der Waals surface area (Å²) in [5, 5.41) is 12.7. The van der Waals surface area contributed by atoms with E-state index < -0.39 is 6.10 Å². The number of hydrogen-bond acceptors (Lipinski definition) is 5. The SMILES string of the molecule is COCCOCC(O)COC1(C)CNC1. The highest BCUT2D eigenvalue weighted by molar-refractivity contribution is 4.90. The molecule has 0 aromatic rings. The number of hydrogen-bond donors (Lipinski definition) is 2. The number of rotatable bonds is 8. The van der Waals surface area contributed by atoms with Crippen LogP contribution in [0.3, 0.4) is 0 Å². The molecule has 1 aliphatic rings. The normalized spacial score (nSPS) is 21.0. The zero-order chi connectivity index (χ0) is 11.1. The molecule has 0 saturated carbocycles. The van der Waals surface area contributed by atoms with Crippen LogP contribution >= 0.6 is 0 Å². The van der Waals surface area contributed by atoms with Gasteiger partial charge in [0.05, 0.1) is 32.0 Å². The van der Waals surface area contributed by atoms with Crippen molar-refractivity contribution in [3.63, 3.8) is 0 Å². The third kappa shape index (κ3) is 4.90. The Morgan fingerprint density at radius 2 is 2.07 bits per heavy atom. The molecule has 0 aliphatic carbocycles. The van der Waals surface area contributed by atoms with Crippen LogP contribution in [0, 0.1) is 0 Å². The largest absolute Gasteiger partial charge is 0.388 e. The van der Waals surface area contributed by atoms with Crippen LogP contribution in [0.1, 0.15) is 6.92 Å². The van der Waals surface area contributed by atoms with Crippen LogP contribution in [-0.2, 0) is 14.2 Å². The summed E-state index contributed by atoms with van der Waals surface area (Å²) in [7, 11) is 1.62. The summed E-state index contributed by atoms with van der Waals surface area (Å²) in [6.07, 6.45) is -0.556. The molecule has 0 spiro atoms. The predicted molar refractivity (Wildman–Crippen MR) is 55.9 cm³/mol. The van der Waals surface area contributed by atoms with Gasteiger partial charge >= 0.3 is 0 Å². The third-order valence-corrected chi connectivity index (χ3v) is 2.36. The van der Waals surface area contributed by atoms with E-state index in [-0.39, 0.29) is 5.60 Å². The lowest BCUT2D eigenvalue weighted by Gasteiger charge is -2.39. The van der Waals surface area contributed by atoms with Gasteiger partial charge in [0, 0.05) is 20.2 Å². The van der Waals surface area contributed by atoms with Crippen molar-refractivity contribution >= 4 is 0 Å². The van der Waals surface area contributed by atoms with Crippen LogP contribution in [0.4, 0.5) is 0 Å². The number of aliphatic hydroxyl groups excluding tert-OH is 1. The molecule has 5 heteroatoms. The Bertz CT molecular complexity index is 173. The molecule has 90 valence electrons. The lowest BCUT2D eigenvalue weighted by molar-refractivity contribution is -0.109. The summed E-state index contributed by atoms with van der Waals surface area (Å²) >= 11 is 0. The number of nitrogens with one attached hydrogen (secondary N) is 1. The van der Waals surface area contributed by atoms with Gasteiger partial charge < -0.3 is 24.6 Å². The van der Waals surface area contributed by atoms with Crippen LogP contribution in [0.2, 0.25) is 0 Å². The van der Waals surface area contributed by atoms with Crippen LogP contribution in [-0.4, -0.2) is 63.4 Å². The molecule has 1 heterocycles. The number of methoxy groups -OCH3 is 1. The standard InChI is InChI=1S/C10H21NO4/c1-10(7-11-8-10)15-6-9(12)5-14-4-3-13-2/h9,11-12H,3-8H2,1-2H3. The first-order valence-corrected chi connectivity index (χ1v) is 5.26. The molecule has 0 bridgehead atoms. The average molecular weight is 219 g/mol. The van der Waals surface area contributed by atoms with Gasteiger partial charge in [0.15, 0.2) is 0 Å². The Labute approximate surface area is 90.7 Å². The van der Waals surface area contributed by atoms with E-state index in [1.54, 1.807) is 7.11 Å². The molecule has 1 unspecified atom stereocenters. The molecule has 1 atom stereocenters. The molecule has 0 aromatic carbocycles. The third-order valence-electron chi connectivity index (χ3n) is 2.36. The van der Waals surface area contributed by atoms with Gasteiger partial charge in [-0.05, 0) is 6.92 Å². The van der Waals surface area contributed by atoms with Gasteiger partial charge in [-0.1, -0.05) is 0 Å². The Morgan fingerprint density at radius 1 is 1.33 bits per heavy atom. The zero-order valence-electron chi connectivity index (χ0n) is 9.49. The first kappa shape index (κ1) is 12.9. The summed E-state index contributed by atoms with van der Waals surface area (Å²) < 4.78 is 15.6. The minimum Gasteiger partial charge on any atom is -0.388 e.